The molecule has 0 radical (unpaired) electrons. The second-order valence-corrected chi connectivity index (χ2v) is 6.50. The van der Waals surface area contributed by atoms with Crippen LogP contribution >= 0.6 is 24.0 Å². The van der Waals surface area contributed by atoms with Crippen LogP contribution in [0.2, 0.25) is 0 Å². The zero-order valence-electron chi connectivity index (χ0n) is 16.6. The van der Waals surface area contributed by atoms with Gasteiger partial charge in [0.1, 0.15) is 0 Å². The number of guanidine groups is 1. The second-order valence-electron chi connectivity index (χ2n) is 6.50. The third-order valence-corrected chi connectivity index (χ3v) is 4.07. The molecule has 1 aromatic carbocycles. The number of rotatable bonds is 9. The van der Waals surface area contributed by atoms with Crippen molar-refractivity contribution in [3.63, 3.8) is 0 Å². The molecule has 1 unspecified atom stereocenters. The van der Waals surface area contributed by atoms with Crippen LogP contribution in [0.15, 0.2) is 45.9 Å². The standard InChI is InChI=1S/C20H30N4O2.HI/c1-15(2)19-13-18(26-24-19)14-23-20(21-4)22-11-8-12-25-16(3)17-9-6-5-7-10-17;/h5-7,9-10,13,15-16H,8,11-12,14H2,1-4H3,(H2,21,22,23);1H. The van der Waals surface area contributed by atoms with Crippen LogP contribution in [0, 0.1) is 0 Å². The zero-order chi connectivity index (χ0) is 18.8. The maximum atomic E-state index is 5.87. The topological polar surface area (TPSA) is 71.7 Å². The molecule has 1 atom stereocenters. The molecule has 150 valence electrons. The molecule has 0 aliphatic carbocycles. The predicted molar refractivity (Wildman–Crippen MR) is 120 cm³/mol. The summed E-state index contributed by atoms with van der Waals surface area (Å²) in [6.45, 7) is 8.30. The SMILES string of the molecule is CN=C(NCCCOC(C)c1ccccc1)NCc1cc(C(C)C)no1.I. The average Bonchev–Trinajstić information content (AvgIpc) is 3.14. The summed E-state index contributed by atoms with van der Waals surface area (Å²) in [5, 5.41) is 10.6. The quantitative estimate of drug-likeness (QED) is 0.240. The first-order chi connectivity index (χ1) is 12.6. The summed E-state index contributed by atoms with van der Waals surface area (Å²) in [6, 6.07) is 12.2. The molecule has 0 amide bonds. The zero-order valence-corrected chi connectivity index (χ0v) is 18.9. The highest BCUT2D eigenvalue weighted by Gasteiger charge is 2.08. The Labute approximate surface area is 179 Å². The van der Waals surface area contributed by atoms with E-state index in [1.54, 1.807) is 7.05 Å². The Kier molecular flexibility index (Phi) is 11.0. The van der Waals surface area contributed by atoms with Gasteiger partial charge in [-0.1, -0.05) is 49.3 Å². The molecule has 0 spiro atoms. The first kappa shape index (κ1) is 23.4. The maximum absolute atomic E-state index is 5.87. The minimum Gasteiger partial charge on any atom is -0.374 e. The van der Waals surface area contributed by atoms with Crippen molar-refractivity contribution in [1.29, 1.82) is 0 Å². The van der Waals surface area contributed by atoms with Crippen molar-refractivity contribution in [2.45, 2.75) is 45.8 Å². The van der Waals surface area contributed by atoms with Crippen LogP contribution in [-0.4, -0.2) is 31.3 Å². The van der Waals surface area contributed by atoms with Gasteiger partial charge in [0.2, 0.25) is 0 Å². The van der Waals surface area contributed by atoms with Gasteiger partial charge in [0.15, 0.2) is 11.7 Å². The van der Waals surface area contributed by atoms with Gasteiger partial charge in [0.25, 0.3) is 0 Å². The summed E-state index contributed by atoms with van der Waals surface area (Å²) in [5.41, 5.74) is 2.17. The highest BCUT2D eigenvalue weighted by Crippen LogP contribution is 2.16. The Balaban J connectivity index is 0.00000364. The Morgan fingerprint density at radius 2 is 1.93 bits per heavy atom. The third-order valence-electron chi connectivity index (χ3n) is 4.07. The first-order valence-corrected chi connectivity index (χ1v) is 9.16. The van der Waals surface area contributed by atoms with Crippen molar-refractivity contribution >= 4 is 29.9 Å². The monoisotopic (exact) mass is 486 g/mol. The number of hydrogen-bond donors (Lipinski definition) is 2. The Morgan fingerprint density at radius 3 is 2.56 bits per heavy atom. The molecule has 1 aromatic heterocycles. The Bertz CT molecular complexity index is 674. The lowest BCUT2D eigenvalue weighted by Gasteiger charge is -2.14. The summed E-state index contributed by atoms with van der Waals surface area (Å²) < 4.78 is 11.2. The summed E-state index contributed by atoms with van der Waals surface area (Å²) in [5.74, 6) is 1.91. The molecule has 0 aliphatic heterocycles. The first-order valence-electron chi connectivity index (χ1n) is 9.16. The van der Waals surface area contributed by atoms with Crippen LogP contribution in [-0.2, 0) is 11.3 Å². The minimum atomic E-state index is 0. The van der Waals surface area contributed by atoms with Gasteiger partial charge < -0.3 is 19.9 Å². The van der Waals surface area contributed by atoms with Gasteiger partial charge in [-0.15, -0.1) is 24.0 Å². The van der Waals surface area contributed by atoms with Crippen molar-refractivity contribution in [2.75, 3.05) is 20.2 Å². The number of aromatic nitrogens is 1. The van der Waals surface area contributed by atoms with Crippen molar-refractivity contribution in [3.8, 4) is 0 Å². The lowest BCUT2D eigenvalue weighted by molar-refractivity contribution is 0.0646. The predicted octanol–water partition coefficient (Wildman–Crippen LogP) is 4.25. The normalized spacial score (nSPS) is 12.6. The van der Waals surface area contributed by atoms with E-state index in [0.717, 1.165) is 30.4 Å². The van der Waals surface area contributed by atoms with Crippen LogP contribution in [0.1, 0.15) is 56.2 Å². The van der Waals surface area contributed by atoms with Gasteiger partial charge in [-0.3, -0.25) is 4.99 Å². The van der Waals surface area contributed by atoms with E-state index in [2.05, 4.69) is 53.7 Å². The number of aliphatic imine (C=N–C) groups is 1. The molecular formula is C20H31IN4O2. The molecule has 27 heavy (non-hydrogen) atoms. The highest BCUT2D eigenvalue weighted by atomic mass is 127. The van der Waals surface area contributed by atoms with E-state index >= 15 is 0 Å². The Hall–Kier alpha value is -1.61. The fourth-order valence-electron chi connectivity index (χ4n) is 2.44. The van der Waals surface area contributed by atoms with E-state index in [-0.39, 0.29) is 30.1 Å². The van der Waals surface area contributed by atoms with Gasteiger partial charge in [0.05, 0.1) is 18.3 Å². The van der Waals surface area contributed by atoms with Gasteiger partial charge >= 0.3 is 0 Å². The van der Waals surface area contributed by atoms with E-state index in [4.69, 9.17) is 9.26 Å². The molecule has 1 heterocycles. The van der Waals surface area contributed by atoms with Crippen molar-refractivity contribution in [2.24, 2.45) is 4.99 Å². The van der Waals surface area contributed by atoms with Crippen LogP contribution in [0.5, 0.6) is 0 Å². The number of ether oxygens (including phenoxy) is 1. The number of nitrogens with zero attached hydrogens (tertiary/aromatic N) is 2. The molecular weight excluding hydrogens is 455 g/mol. The van der Waals surface area contributed by atoms with Gasteiger partial charge in [-0.2, -0.15) is 0 Å². The lowest BCUT2D eigenvalue weighted by atomic mass is 10.1. The summed E-state index contributed by atoms with van der Waals surface area (Å²) in [4.78, 5) is 4.22. The fraction of sp³-hybridized carbons (Fsp3) is 0.500. The molecule has 0 aliphatic rings. The van der Waals surface area contributed by atoms with Gasteiger partial charge in [0, 0.05) is 26.3 Å². The van der Waals surface area contributed by atoms with E-state index < -0.39 is 0 Å². The maximum Gasteiger partial charge on any atom is 0.191 e. The van der Waals surface area contributed by atoms with E-state index in [9.17, 15) is 0 Å². The third kappa shape index (κ3) is 8.30. The molecule has 0 bridgehead atoms. The van der Waals surface area contributed by atoms with E-state index in [1.807, 2.05) is 24.3 Å². The van der Waals surface area contributed by atoms with Crippen LogP contribution in [0.3, 0.4) is 0 Å². The lowest BCUT2D eigenvalue weighted by Crippen LogP contribution is -2.37. The number of nitrogens with one attached hydrogen (secondary N) is 2. The molecule has 2 rings (SSSR count). The van der Waals surface area contributed by atoms with Crippen LogP contribution < -0.4 is 10.6 Å². The molecule has 2 aromatic rings. The van der Waals surface area contributed by atoms with Crippen LogP contribution in [0.25, 0.3) is 0 Å². The molecule has 6 nitrogen and oxygen atoms in total. The average molecular weight is 486 g/mol. The van der Waals surface area contributed by atoms with Crippen molar-refractivity contribution in [3.05, 3.63) is 53.4 Å². The van der Waals surface area contributed by atoms with Gasteiger partial charge in [-0.25, -0.2) is 0 Å². The summed E-state index contributed by atoms with van der Waals surface area (Å²) >= 11 is 0. The molecule has 0 fully saturated rings. The largest absolute Gasteiger partial charge is 0.374 e. The molecule has 0 saturated heterocycles. The fourth-order valence-corrected chi connectivity index (χ4v) is 2.44. The molecule has 0 saturated carbocycles. The number of hydrogen-bond acceptors (Lipinski definition) is 4. The number of halogens is 1. The van der Waals surface area contributed by atoms with Crippen molar-refractivity contribution < 1.29 is 9.26 Å². The number of benzene rings is 1. The summed E-state index contributed by atoms with van der Waals surface area (Å²) in [6.07, 6.45) is 1.01. The minimum absolute atomic E-state index is 0. The van der Waals surface area contributed by atoms with Crippen molar-refractivity contribution in [1.82, 2.24) is 15.8 Å². The van der Waals surface area contributed by atoms with E-state index in [0.29, 0.717) is 19.1 Å². The second kappa shape index (κ2) is 12.7. The molecule has 7 heteroatoms. The smallest absolute Gasteiger partial charge is 0.191 e. The summed E-state index contributed by atoms with van der Waals surface area (Å²) in [7, 11) is 1.75. The van der Waals surface area contributed by atoms with E-state index in [1.165, 1.54) is 5.56 Å². The molecule has 2 N–H and O–H groups in total. The highest BCUT2D eigenvalue weighted by molar-refractivity contribution is 14.0. The van der Waals surface area contributed by atoms with Crippen LogP contribution in [0.4, 0.5) is 0 Å². The Morgan fingerprint density at radius 1 is 1.19 bits per heavy atom. The van der Waals surface area contributed by atoms with Gasteiger partial charge in [-0.05, 0) is 24.8 Å².